The van der Waals surface area contributed by atoms with E-state index in [1.54, 1.807) is 7.11 Å². The van der Waals surface area contributed by atoms with Crippen molar-refractivity contribution in [1.29, 1.82) is 0 Å². The average Bonchev–Trinajstić information content (AvgIpc) is 2.78. The summed E-state index contributed by atoms with van der Waals surface area (Å²) < 4.78 is 5.13. The standard InChI is InChI=1S/C13H28N2O/c1-11(7-10-16-4)12(14)13(2,3)15-8-5-6-9-15/h11-12H,5-10,14H2,1-4H3. The predicted octanol–water partition coefficient (Wildman–Crippen LogP) is 1.86. The largest absolute Gasteiger partial charge is 0.385 e. The lowest BCUT2D eigenvalue weighted by molar-refractivity contribution is 0.0873. The van der Waals surface area contributed by atoms with E-state index in [1.807, 2.05) is 0 Å². The number of methoxy groups -OCH3 is 1. The molecule has 0 spiro atoms. The zero-order valence-electron chi connectivity index (χ0n) is 11.3. The minimum atomic E-state index is 0.115. The van der Waals surface area contributed by atoms with Crippen LogP contribution in [0.3, 0.4) is 0 Å². The van der Waals surface area contributed by atoms with E-state index in [1.165, 1.54) is 25.9 Å². The molecule has 1 heterocycles. The molecule has 0 saturated carbocycles. The maximum atomic E-state index is 6.42. The molecule has 2 unspecified atom stereocenters. The summed E-state index contributed by atoms with van der Waals surface area (Å²) in [6.07, 6.45) is 3.69. The molecule has 1 rings (SSSR count). The highest BCUT2D eigenvalue weighted by Crippen LogP contribution is 2.27. The van der Waals surface area contributed by atoms with E-state index in [2.05, 4.69) is 25.7 Å². The number of nitrogens with zero attached hydrogens (tertiary/aromatic N) is 1. The molecule has 0 bridgehead atoms. The summed E-state index contributed by atoms with van der Waals surface area (Å²) >= 11 is 0. The molecule has 1 aliphatic heterocycles. The number of nitrogens with two attached hydrogens (primary N) is 1. The second-order valence-corrected chi connectivity index (χ2v) is 5.63. The van der Waals surface area contributed by atoms with Crippen LogP contribution >= 0.6 is 0 Å². The van der Waals surface area contributed by atoms with E-state index >= 15 is 0 Å². The highest BCUT2D eigenvalue weighted by atomic mass is 16.5. The molecule has 1 aliphatic rings. The summed E-state index contributed by atoms with van der Waals surface area (Å²) in [7, 11) is 1.75. The SMILES string of the molecule is COCCC(C)C(N)C(C)(C)N1CCCC1. The molecule has 16 heavy (non-hydrogen) atoms. The average molecular weight is 228 g/mol. The number of hydrogen-bond donors (Lipinski definition) is 1. The van der Waals surface area contributed by atoms with Crippen molar-refractivity contribution >= 4 is 0 Å². The van der Waals surface area contributed by atoms with Crippen molar-refractivity contribution in [2.45, 2.75) is 51.6 Å². The van der Waals surface area contributed by atoms with Crippen LogP contribution in [0.2, 0.25) is 0 Å². The summed E-state index contributed by atoms with van der Waals surface area (Å²) in [4.78, 5) is 2.54. The summed E-state index contributed by atoms with van der Waals surface area (Å²) in [5, 5.41) is 0. The fourth-order valence-electron chi connectivity index (χ4n) is 2.68. The molecule has 1 fully saturated rings. The summed E-state index contributed by atoms with van der Waals surface area (Å²) in [5.41, 5.74) is 6.53. The van der Waals surface area contributed by atoms with Crippen LogP contribution in [0.1, 0.15) is 40.0 Å². The molecule has 0 aliphatic carbocycles. The molecular weight excluding hydrogens is 200 g/mol. The Bertz CT molecular complexity index is 200. The maximum Gasteiger partial charge on any atom is 0.0465 e. The first-order valence-corrected chi connectivity index (χ1v) is 6.49. The first-order chi connectivity index (χ1) is 7.50. The van der Waals surface area contributed by atoms with Gasteiger partial charge >= 0.3 is 0 Å². The molecule has 2 N–H and O–H groups in total. The first-order valence-electron chi connectivity index (χ1n) is 6.49. The fourth-order valence-corrected chi connectivity index (χ4v) is 2.68. The van der Waals surface area contributed by atoms with Crippen LogP contribution < -0.4 is 5.73 Å². The normalized spacial score (nSPS) is 22.3. The van der Waals surface area contributed by atoms with Crippen LogP contribution in [-0.2, 0) is 4.74 Å². The zero-order chi connectivity index (χ0) is 12.2. The van der Waals surface area contributed by atoms with Gasteiger partial charge in [0.1, 0.15) is 0 Å². The Morgan fingerprint density at radius 2 is 1.88 bits per heavy atom. The smallest absolute Gasteiger partial charge is 0.0465 e. The van der Waals surface area contributed by atoms with E-state index in [-0.39, 0.29) is 11.6 Å². The highest BCUT2D eigenvalue weighted by molar-refractivity contribution is 4.95. The summed E-state index contributed by atoms with van der Waals surface area (Å²) in [5.74, 6) is 0.510. The molecule has 1 saturated heterocycles. The molecule has 3 heteroatoms. The predicted molar refractivity (Wildman–Crippen MR) is 68.5 cm³/mol. The molecule has 96 valence electrons. The van der Waals surface area contributed by atoms with Crippen molar-refractivity contribution in [3.8, 4) is 0 Å². The van der Waals surface area contributed by atoms with E-state index in [9.17, 15) is 0 Å². The van der Waals surface area contributed by atoms with Crippen LogP contribution in [0.5, 0.6) is 0 Å². The van der Waals surface area contributed by atoms with Crippen molar-refractivity contribution in [3.05, 3.63) is 0 Å². The third kappa shape index (κ3) is 3.19. The number of ether oxygens (including phenoxy) is 1. The second-order valence-electron chi connectivity index (χ2n) is 5.63. The molecule has 0 aromatic rings. The van der Waals surface area contributed by atoms with Crippen LogP contribution in [0.25, 0.3) is 0 Å². The van der Waals surface area contributed by atoms with Gasteiger partial charge in [-0.1, -0.05) is 6.92 Å². The Labute approximate surface area is 100 Å². The van der Waals surface area contributed by atoms with Crippen LogP contribution in [0.15, 0.2) is 0 Å². The van der Waals surface area contributed by atoms with E-state index in [0.29, 0.717) is 5.92 Å². The second kappa shape index (κ2) is 5.99. The fraction of sp³-hybridized carbons (Fsp3) is 1.00. The number of hydrogen-bond acceptors (Lipinski definition) is 3. The van der Waals surface area contributed by atoms with Crippen molar-refractivity contribution in [2.75, 3.05) is 26.8 Å². The molecule has 0 aromatic heterocycles. The van der Waals surface area contributed by atoms with Crippen molar-refractivity contribution in [3.63, 3.8) is 0 Å². The van der Waals surface area contributed by atoms with Gasteiger partial charge in [-0.05, 0) is 52.1 Å². The molecule has 3 nitrogen and oxygen atoms in total. The lowest BCUT2D eigenvalue weighted by atomic mass is 9.83. The Balaban J connectivity index is 2.51. The molecule has 0 radical (unpaired) electrons. The van der Waals surface area contributed by atoms with Gasteiger partial charge in [-0.15, -0.1) is 0 Å². The number of rotatable bonds is 6. The topological polar surface area (TPSA) is 38.5 Å². The first kappa shape index (κ1) is 13.9. The van der Waals surface area contributed by atoms with Crippen LogP contribution in [0, 0.1) is 5.92 Å². The van der Waals surface area contributed by atoms with Gasteiger partial charge in [-0.25, -0.2) is 0 Å². The Kier molecular flexibility index (Phi) is 5.22. The Morgan fingerprint density at radius 1 is 1.31 bits per heavy atom. The van der Waals surface area contributed by atoms with E-state index in [4.69, 9.17) is 10.5 Å². The Hall–Kier alpha value is -0.120. The van der Waals surface area contributed by atoms with E-state index < -0.39 is 0 Å². The summed E-state index contributed by atoms with van der Waals surface area (Å²) in [6.45, 7) is 10.0. The number of likely N-dealkylation sites (tertiary alicyclic amines) is 1. The molecule has 2 atom stereocenters. The molecule has 0 amide bonds. The molecule has 0 aromatic carbocycles. The van der Waals surface area contributed by atoms with Gasteiger partial charge in [0.25, 0.3) is 0 Å². The van der Waals surface area contributed by atoms with Crippen molar-refractivity contribution < 1.29 is 4.74 Å². The molecular formula is C13H28N2O. The van der Waals surface area contributed by atoms with Crippen molar-refractivity contribution in [1.82, 2.24) is 4.90 Å². The van der Waals surface area contributed by atoms with Gasteiger partial charge in [-0.2, -0.15) is 0 Å². The maximum absolute atomic E-state index is 6.42. The lowest BCUT2D eigenvalue weighted by Crippen LogP contribution is -2.57. The summed E-state index contributed by atoms with van der Waals surface area (Å²) in [6, 6.07) is 0.223. The van der Waals surface area contributed by atoms with Crippen molar-refractivity contribution in [2.24, 2.45) is 11.7 Å². The quantitative estimate of drug-likeness (QED) is 0.754. The van der Waals surface area contributed by atoms with Crippen LogP contribution in [0.4, 0.5) is 0 Å². The van der Waals surface area contributed by atoms with Gasteiger partial charge in [-0.3, -0.25) is 4.90 Å². The van der Waals surface area contributed by atoms with Gasteiger partial charge in [0.05, 0.1) is 0 Å². The van der Waals surface area contributed by atoms with Gasteiger partial charge in [0.15, 0.2) is 0 Å². The van der Waals surface area contributed by atoms with Gasteiger partial charge in [0, 0.05) is 25.3 Å². The Morgan fingerprint density at radius 3 is 2.38 bits per heavy atom. The monoisotopic (exact) mass is 228 g/mol. The highest BCUT2D eigenvalue weighted by Gasteiger charge is 2.36. The van der Waals surface area contributed by atoms with E-state index in [0.717, 1.165) is 13.0 Å². The lowest BCUT2D eigenvalue weighted by Gasteiger charge is -2.43. The minimum absolute atomic E-state index is 0.115. The third-order valence-electron chi connectivity index (χ3n) is 4.13. The minimum Gasteiger partial charge on any atom is -0.385 e. The zero-order valence-corrected chi connectivity index (χ0v) is 11.3. The van der Waals surface area contributed by atoms with Crippen LogP contribution in [-0.4, -0.2) is 43.3 Å². The van der Waals surface area contributed by atoms with Gasteiger partial charge in [0.2, 0.25) is 0 Å². The van der Waals surface area contributed by atoms with Gasteiger partial charge < -0.3 is 10.5 Å². The third-order valence-corrected chi connectivity index (χ3v) is 4.13.